The normalized spacial score (nSPS) is 28.1. The fraction of sp³-hybridized carbons (Fsp3) is 0.571. The minimum atomic E-state index is -1.33. The molecule has 4 bridgehead atoms. The van der Waals surface area contributed by atoms with E-state index in [0.29, 0.717) is 66.8 Å². The quantitative estimate of drug-likeness (QED) is 0.573. The van der Waals surface area contributed by atoms with Gasteiger partial charge in [0.2, 0.25) is 11.3 Å². The van der Waals surface area contributed by atoms with Crippen LogP contribution in [0.25, 0.3) is 10.9 Å². The lowest BCUT2D eigenvalue weighted by molar-refractivity contribution is -0.144. The number of pyridine rings is 1. The van der Waals surface area contributed by atoms with Gasteiger partial charge in [-0.05, 0) is 87.6 Å². The number of carboxylic acid groups (broad SMARTS) is 1. The fourth-order valence-electron chi connectivity index (χ4n) is 7.90. The van der Waals surface area contributed by atoms with E-state index in [1.807, 2.05) is 16.7 Å². The van der Waals surface area contributed by atoms with E-state index in [0.717, 1.165) is 25.3 Å². The molecule has 8 nitrogen and oxygen atoms in total. The van der Waals surface area contributed by atoms with Gasteiger partial charge in [-0.15, -0.1) is 0 Å². The molecule has 2 heterocycles. The lowest BCUT2D eigenvalue weighted by Gasteiger charge is -2.55. The molecule has 0 spiro atoms. The van der Waals surface area contributed by atoms with Crippen LogP contribution in [0.2, 0.25) is 0 Å². The number of carbonyl (C=O) groups is 2. The standard InChI is InChI=1S/C28H33FN4O4S/c1-2-31-15-20(25(35)36)24(34)19-10-21(29)23(11-22(19)31)32-3-5-33(6-4-32)27(38)30-26(37)28-12-16-7-17(13-28)9-18(8-16)14-28/h10-11,15-18H,2-9,12-14H2,1H3,(H,35,36)(H,30,37,38). The summed E-state index contributed by atoms with van der Waals surface area (Å²) in [6.07, 6.45) is 8.10. The van der Waals surface area contributed by atoms with Crippen LogP contribution in [-0.2, 0) is 11.3 Å². The number of thiocarbonyl (C=S) groups is 1. The van der Waals surface area contributed by atoms with Crippen LogP contribution >= 0.6 is 12.2 Å². The fourth-order valence-corrected chi connectivity index (χ4v) is 8.18. The first kappa shape index (κ1) is 25.3. The van der Waals surface area contributed by atoms with Crippen molar-refractivity contribution in [1.82, 2.24) is 14.8 Å². The third-order valence-electron chi connectivity index (χ3n) is 9.37. The van der Waals surface area contributed by atoms with Gasteiger partial charge in [-0.3, -0.25) is 9.59 Å². The second kappa shape index (κ2) is 9.32. The molecular weight excluding hydrogens is 507 g/mol. The van der Waals surface area contributed by atoms with Gasteiger partial charge in [-0.2, -0.15) is 0 Å². The Labute approximate surface area is 225 Å². The Balaban J connectivity index is 1.15. The lowest BCUT2D eigenvalue weighted by Crippen LogP contribution is -2.58. The van der Waals surface area contributed by atoms with Crippen molar-refractivity contribution >= 4 is 45.8 Å². The largest absolute Gasteiger partial charge is 0.477 e. The Kier molecular flexibility index (Phi) is 6.20. The number of piperazine rings is 1. The molecular formula is C28H33FN4O4S. The van der Waals surface area contributed by atoms with E-state index in [9.17, 15) is 19.5 Å². The molecule has 0 unspecified atom stereocenters. The van der Waals surface area contributed by atoms with Crippen LogP contribution in [-0.4, -0.2) is 57.7 Å². The molecule has 1 aromatic heterocycles. The second-order valence-electron chi connectivity index (χ2n) is 11.7. The average Bonchev–Trinajstić information content (AvgIpc) is 2.88. The van der Waals surface area contributed by atoms with Crippen LogP contribution in [0, 0.1) is 29.0 Å². The van der Waals surface area contributed by atoms with E-state index in [4.69, 9.17) is 12.2 Å². The van der Waals surface area contributed by atoms with Gasteiger partial charge < -0.3 is 24.8 Å². The van der Waals surface area contributed by atoms with Crippen LogP contribution in [0.15, 0.2) is 23.1 Å². The maximum absolute atomic E-state index is 15.2. The van der Waals surface area contributed by atoms with Gasteiger partial charge in [0.25, 0.3) is 0 Å². The molecule has 1 saturated heterocycles. The average molecular weight is 541 g/mol. The van der Waals surface area contributed by atoms with Crippen molar-refractivity contribution in [2.75, 3.05) is 31.1 Å². The number of amides is 1. The highest BCUT2D eigenvalue weighted by molar-refractivity contribution is 7.80. The van der Waals surface area contributed by atoms with E-state index < -0.39 is 17.2 Å². The molecule has 0 radical (unpaired) electrons. The molecule has 2 aromatic rings. The van der Waals surface area contributed by atoms with E-state index in [1.54, 1.807) is 10.6 Å². The first-order chi connectivity index (χ1) is 18.2. The summed E-state index contributed by atoms with van der Waals surface area (Å²) in [7, 11) is 0. The minimum Gasteiger partial charge on any atom is -0.477 e. The number of aromatic carboxylic acids is 1. The Morgan fingerprint density at radius 3 is 2.24 bits per heavy atom. The summed E-state index contributed by atoms with van der Waals surface area (Å²) in [4.78, 5) is 41.4. The van der Waals surface area contributed by atoms with Crippen LogP contribution in [0.4, 0.5) is 10.1 Å². The van der Waals surface area contributed by atoms with Crippen molar-refractivity contribution in [3.63, 3.8) is 0 Å². The number of nitrogens with zero attached hydrogens (tertiary/aromatic N) is 3. The number of hydrogen-bond acceptors (Lipinski definition) is 5. The Morgan fingerprint density at radius 1 is 1.08 bits per heavy atom. The maximum atomic E-state index is 15.2. The van der Waals surface area contributed by atoms with E-state index in [-0.39, 0.29) is 22.3 Å². The summed E-state index contributed by atoms with van der Waals surface area (Å²) in [5.41, 5.74) is -0.452. The van der Waals surface area contributed by atoms with Gasteiger partial charge in [0, 0.05) is 44.3 Å². The topological polar surface area (TPSA) is 94.9 Å². The van der Waals surface area contributed by atoms with Gasteiger partial charge in [0.15, 0.2) is 5.11 Å². The number of rotatable bonds is 4. The number of anilines is 1. The predicted molar refractivity (Wildman–Crippen MR) is 146 cm³/mol. The molecule has 2 N–H and O–H groups in total. The van der Waals surface area contributed by atoms with Crippen LogP contribution in [0.1, 0.15) is 55.8 Å². The van der Waals surface area contributed by atoms with E-state index >= 15 is 4.39 Å². The number of carbonyl (C=O) groups excluding carboxylic acids is 1. The van der Waals surface area contributed by atoms with Gasteiger partial charge in [-0.25, -0.2) is 9.18 Å². The van der Waals surface area contributed by atoms with E-state index in [2.05, 4.69) is 5.32 Å². The molecule has 4 aliphatic carbocycles. The number of halogens is 1. The number of benzene rings is 1. The molecule has 10 heteroatoms. The second-order valence-corrected chi connectivity index (χ2v) is 12.1. The highest BCUT2D eigenvalue weighted by atomic mass is 32.1. The molecule has 38 heavy (non-hydrogen) atoms. The zero-order valence-electron chi connectivity index (χ0n) is 21.5. The van der Waals surface area contributed by atoms with Gasteiger partial charge >= 0.3 is 5.97 Å². The van der Waals surface area contributed by atoms with E-state index in [1.165, 1.54) is 25.5 Å². The van der Waals surface area contributed by atoms with Crippen molar-refractivity contribution < 1.29 is 19.1 Å². The smallest absolute Gasteiger partial charge is 0.341 e. The molecule has 7 rings (SSSR count). The van der Waals surface area contributed by atoms with Gasteiger partial charge in [0.1, 0.15) is 11.4 Å². The Morgan fingerprint density at radius 2 is 1.68 bits per heavy atom. The molecule has 5 aliphatic rings. The summed E-state index contributed by atoms with van der Waals surface area (Å²) in [5.74, 6) is 0.238. The SMILES string of the molecule is CCn1cc(C(=O)O)c(=O)c2cc(F)c(N3CCN(C(=S)NC(=O)C45CC6CC(CC(C6)C4)C5)CC3)cc21. The number of fused-ring (bicyclic) bond motifs is 1. The third kappa shape index (κ3) is 4.17. The third-order valence-corrected chi connectivity index (χ3v) is 9.73. The molecule has 202 valence electrons. The van der Waals surface area contributed by atoms with Crippen molar-refractivity contribution in [3.8, 4) is 0 Å². The molecule has 1 amide bonds. The summed E-state index contributed by atoms with van der Waals surface area (Å²) < 4.78 is 16.9. The molecule has 5 fully saturated rings. The van der Waals surface area contributed by atoms with Crippen molar-refractivity contribution in [2.24, 2.45) is 23.2 Å². The van der Waals surface area contributed by atoms with Crippen molar-refractivity contribution in [3.05, 3.63) is 39.9 Å². The number of carboxylic acids is 1. The van der Waals surface area contributed by atoms with Crippen molar-refractivity contribution in [1.29, 1.82) is 0 Å². The number of hydrogen-bond donors (Lipinski definition) is 2. The first-order valence-electron chi connectivity index (χ1n) is 13.6. The predicted octanol–water partition coefficient (Wildman–Crippen LogP) is 3.60. The van der Waals surface area contributed by atoms with Crippen molar-refractivity contribution in [2.45, 2.75) is 52.0 Å². The summed E-state index contributed by atoms with van der Waals surface area (Å²) in [5, 5.41) is 12.9. The lowest BCUT2D eigenvalue weighted by atomic mass is 9.49. The van der Waals surface area contributed by atoms with Crippen LogP contribution in [0.5, 0.6) is 0 Å². The van der Waals surface area contributed by atoms with Crippen LogP contribution < -0.4 is 15.6 Å². The summed E-state index contributed by atoms with van der Waals surface area (Å²) in [6, 6.07) is 2.78. The monoisotopic (exact) mass is 540 g/mol. The molecule has 1 aliphatic heterocycles. The Hall–Kier alpha value is -3.01. The van der Waals surface area contributed by atoms with Crippen LogP contribution in [0.3, 0.4) is 0 Å². The number of aryl methyl sites for hydroxylation is 1. The molecule has 0 atom stereocenters. The van der Waals surface area contributed by atoms with Gasteiger partial charge in [-0.1, -0.05) is 0 Å². The summed E-state index contributed by atoms with van der Waals surface area (Å²) in [6.45, 7) is 4.36. The maximum Gasteiger partial charge on any atom is 0.341 e. The van der Waals surface area contributed by atoms with Gasteiger partial charge in [0.05, 0.1) is 16.6 Å². The first-order valence-corrected chi connectivity index (χ1v) is 14.0. The highest BCUT2D eigenvalue weighted by Gasteiger charge is 2.54. The molecule has 4 saturated carbocycles. The summed E-state index contributed by atoms with van der Waals surface area (Å²) >= 11 is 5.65. The highest BCUT2D eigenvalue weighted by Crippen LogP contribution is 2.60. The zero-order chi connectivity index (χ0) is 26.8. The number of nitrogens with one attached hydrogen (secondary N) is 1. The Bertz CT molecular complexity index is 1360. The minimum absolute atomic E-state index is 0.0557. The number of aromatic nitrogens is 1. The molecule has 1 aromatic carbocycles. The zero-order valence-corrected chi connectivity index (χ0v) is 22.4.